The second-order valence-electron chi connectivity index (χ2n) is 7.93. The molecule has 12 nitrogen and oxygen atoms in total. The Morgan fingerprint density at radius 3 is 2.91 bits per heavy atom. The topological polar surface area (TPSA) is 171 Å². The predicted molar refractivity (Wildman–Crippen MR) is 118 cm³/mol. The van der Waals surface area contributed by atoms with E-state index in [1.165, 1.54) is 4.68 Å². The molecule has 7 N–H and O–H groups in total. The smallest absolute Gasteiger partial charge is 0.271 e. The highest BCUT2D eigenvalue weighted by Gasteiger charge is 2.23. The lowest BCUT2D eigenvalue weighted by atomic mass is 9.91. The molecule has 1 amide bonds. The zero-order valence-corrected chi connectivity index (χ0v) is 17.9. The van der Waals surface area contributed by atoms with Gasteiger partial charge in [-0.15, -0.1) is 5.10 Å². The molecule has 172 valence electrons. The summed E-state index contributed by atoms with van der Waals surface area (Å²) in [4.78, 5) is 16.2. The number of aliphatic hydroxyl groups excluding tert-OH is 1. The number of fused-ring (bicyclic) bond motifs is 1. The number of nitrogens with one attached hydrogen (secondary N) is 2. The Morgan fingerprint density at radius 2 is 2.16 bits per heavy atom. The molecule has 1 aliphatic carbocycles. The normalized spacial score (nSPS) is 19.7. The lowest BCUT2D eigenvalue weighted by Gasteiger charge is -2.29. The Kier molecular flexibility index (Phi) is 6.53. The van der Waals surface area contributed by atoms with Gasteiger partial charge < -0.3 is 31.9 Å². The Labute approximate surface area is 184 Å². The number of nitrogens with zero attached hydrogens (tertiary/aromatic N) is 5. The number of ether oxygens (including phenoxy) is 1. The Bertz CT molecular complexity index is 1080. The molecule has 12 heteroatoms. The first-order valence-corrected chi connectivity index (χ1v) is 10.6. The van der Waals surface area contributed by atoms with Gasteiger partial charge in [-0.3, -0.25) is 9.48 Å². The third kappa shape index (κ3) is 4.66. The van der Waals surface area contributed by atoms with Gasteiger partial charge in [0.05, 0.1) is 36.2 Å². The molecule has 0 radical (unpaired) electrons. The van der Waals surface area contributed by atoms with Crippen LogP contribution in [0.1, 0.15) is 48.1 Å². The zero-order chi connectivity index (χ0) is 22.7. The van der Waals surface area contributed by atoms with Gasteiger partial charge in [0.2, 0.25) is 5.95 Å². The van der Waals surface area contributed by atoms with E-state index in [9.17, 15) is 9.90 Å². The first-order valence-electron chi connectivity index (χ1n) is 10.6. The van der Waals surface area contributed by atoms with Gasteiger partial charge in [0.1, 0.15) is 0 Å². The highest BCUT2D eigenvalue weighted by Crippen LogP contribution is 2.23. The van der Waals surface area contributed by atoms with E-state index in [0.717, 1.165) is 25.7 Å². The van der Waals surface area contributed by atoms with E-state index >= 15 is 0 Å². The van der Waals surface area contributed by atoms with Crippen molar-refractivity contribution in [2.75, 3.05) is 24.4 Å². The van der Waals surface area contributed by atoms with E-state index in [4.69, 9.17) is 16.2 Å². The fraction of sp³-hybridized carbons (Fsp3) is 0.500. The molecule has 0 saturated heterocycles. The summed E-state index contributed by atoms with van der Waals surface area (Å²) in [6, 6.07) is 3.70. The Balaban J connectivity index is 1.55. The van der Waals surface area contributed by atoms with Crippen molar-refractivity contribution in [3.05, 3.63) is 35.9 Å². The SMILES string of the molecule is COCCn1cc(NC(O)c2ccc3cnc(N[C@@H]4CCCC[C@@H]4N)nn23)c(C(N)=O)n1. The number of methoxy groups -OCH3 is 1. The molecule has 1 saturated carbocycles. The molecule has 3 aromatic rings. The summed E-state index contributed by atoms with van der Waals surface area (Å²) in [5, 5.41) is 25.8. The molecule has 4 rings (SSSR count). The summed E-state index contributed by atoms with van der Waals surface area (Å²) in [7, 11) is 1.58. The number of carbonyl (C=O) groups excluding carboxylic acids is 1. The summed E-state index contributed by atoms with van der Waals surface area (Å²) in [5.74, 6) is -0.261. The molecule has 3 heterocycles. The van der Waals surface area contributed by atoms with Crippen LogP contribution in [-0.4, -0.2) is 61.2 Å². The molecule has 0 bridgehead atoms. The average molecular weight is 444 g/mol. The van der Waals surface area contributed by atoms with Gasteiger partial charge >= 0.3 is 0 Å². The maximum absolute atomic E-state index is 11.8. The Morgan fingerprint density at radius 1 is 1.34 bits per heavy atom. The molecule has 0 aliphatic heterocycles. The van der Waals surface area contributed by atoms with E-state index in [-0.39, 0.29) is 17.8 Å². The van der Waals surface area contributed by atoms with Gasteiger partial charge in [0, 0.05) is 25.4 Å². The fourth-order valence-electron chi connectivity index (χ4n) is 3.93. The van der Waals surface area contributed by atoms with Crippen molar-refractivity contribution in [1.29, 1.82) is 0 Å². The minimum Gasteiger partial charge on any atom is -0.383 e. The molecule has 3 atom stereocenters. The maximum atomic E-state index is 11.8. The lowest BCUT2D eigenvalue weighted by molar-refractivity contribution is 0.0994. The van der Waals surface area contributed by atoms with E-state index in [0.29, 0.717) is 36.0 Å². The minimum absolute atomic E-state index is 0.0317. The van der Waals surface area contributed by atoms with E-state index in [2.05, 4.69) is 25.8 Å². The van der Waals surface area contributed by atoms with E-state index in [1.54, 1.807) is 36.2 Å². The summed E-state index contributed by atoms with van der Waals surface area (Å²) in [6.07, 6.45) is 6.29. The van der Waals surface area contributed by atoms with Crippen molar-refractivity contribution >= 4 is 23.1 Å². The average Bonchev–Trinajstić information content (AvgIpc) is 3.37. The molecule has 1 unspecified atom stereocenters. The molecule has 1 fully saturated rings. The van der Waals surface area contributed by atoms with Crippen LogP contribution in [0.25, 0.3) is 5.52 Å². The van der Waals surface area contributed by atoms with Crippen LogP contribution in [0.2, 0.25) is 0 Å². The van der Waals surface area contributed by atoms with E-state index in [1.807, 2.05) is 0 Å². The van der Waals surface area contributed by atoms with Gasteiger partial charge in [-0.05, 0) is 25.0 Å². The van der Waals surface area contributed by atoms with Crippen molar-refractivity contribution in [3.8, 4) is 0 Å². The summed E-state index contributed by atoms with van der Waals surface area (Å²) >= 11 is 0. The highest BCUT2D eigenvalue weighted by atomic mass is 16.5. The number of rotatable bonds is 9. The number of aliphatic hydroxyl groups is 1. The van der Waals surface area contributed by atoms with Crippen LogP contribution in [0, 0.1) is 0 Å². The largest absolute Gasteiger partial charge is 0.383 e. The van der Waals surface area contributed by atoms with Crippen molar-refractivity contribution in [1.82, 2.24) is 24.4 Å². The summed E-state index contributed by atoms with van der Waals surface area (Å²) in [6.45, 7) is 0.858. The van der Waals surface area contributed by atoms with Crippen LogP contribution in [-0.2, 0) is 11.3 Å². The number of nitrogens with two attached hydrogens (primary N) is 2. The number of hydrogen-bond donors (Lipinski definition) is 5. The monoisotopic (exact) mass is 443 g/mol. The first kappa shape index (κ1) is 22.0. The quantitative estimate of drug-likeness (QED) is 0.295. The minimum atomic E-state index is -1.17. The highest BCUT2D eigenvalue weighted by molar-refractivity contribution is 5.96. The van der Waals surface area contributed by atoms with Crippen molar-refractivity contribution < 1.29 is 14.6 Å². The van der Waals surface area contributed by atoms with Crippen LogP contribution in [0.4, 0.5) is 11.6 Å². The molecule has 0 aromatic carbocycles. The maximum Gasteiger partial charge on any atom is 0.271 e. The number of primary amides is 1. The second-order valence-corrected chi connectivity index (χ2v) is 7.93. The predicted octanol–water partition coefficient (Wildman–Crippen LogP) is 0.456. The number of aromatic nitrogens is 5. The summed E-state index contributed by atoms with van der Waals surface area (Å²) in [5.41, 5.74) is 13.2. The van der Waals surface area contributed by atoms with Crippen molar-refractivity contribution in [2.24, 2.45) is 11.5 Å². The Hall–Kier alpha value is -3.22. The fourth-order valence-corrected chi connectivity index (χ4v) is 3.93. The van der Waals surface area contributed by atoms with Crippen LogP contribution < -0.4 is 22.1 Å². The van der Waals surface area contributed by atoms with Gasteiger partial charge in [-0.25, -0.2) is 9.50 Å². The van der Waals surface area contributed by atoms with Crippen LogP contribution in [0.5, 0.6) is 0 Å². The molecule has 3 aromatic heterocycles. The molecular weight excluding hydrogens is 414 g/mol. The number of amides is 1. The summed E-state index contributed by atoms with van der Waals surface area (Å²) < 4.78 is 8.17. The molecule has 1 aliphatic rings. The second kappa shape index (κ2) is 9.51. The van der Waals surface area contributed by atoms with Gasteiger partial charge in [-0.2, -0.15) is 5.10 Å². The molecule has 32 heavy (non-hydrogen) atoms. The molecular formula is C20H29N9O3. The number of anilines is 2. The lowest BCUT2D eigenvalue weighted by Crippen LogP contribution is -2.43. The van der Waals surface area contributed by atoms with Crippen molar-refractivity contribution in [3.63, 3.8) is 0 Å². The van der Waals surface area contributed by atoms with Gasteiger partial charge in [0.15, 0.2) is 11.9 Å². The standard InChI is InChI=1S/C20H29N9O3/c1-32-9-8-28-11-15(17(26-28)18(22)30)24-19(31)16-7-6-12-10-23-20(27-29(12)16)25-14-5-3-2-4-13(14)21/h6-7,10-11,13-14,19,24,31H,2-5,8-9,21H2,1H3,(H2,22,30)(H,25,27)/t13-,14+,19?/m0/s1. The zero-order valence-electron chi connectivity index (χ0n) is 17.9. The van der Waals surface area contributed by atoms with E-state index < -0.39 is 12.1 Å². The van der Waals surface area contributed by atoms with Gasteiger partial charge in [-0.1, -0.05) is 12.8 Å². The third-order valence-corrected chi connectivity index (χ3v) is 5.65. The first-order chi connectivity index (χ1) is 15.5. The number of hydrogen-bond acceptors (Lipinski definition) is 9. The van der Waals surface area contributed by atoms with Gasteiger partial charge in [0.25, 0.3) is 5.91 Å². The van der Waals surface area contributed by atoms with Crippen molar-refractivity contribution in [2.45, 2.75) is 50.5 Å². The third-order valence-electron chi connectivity index (χ3n) is 5.65. The van der Waals surface area contributed by atoms with Crippen LogP contribution in [0.3, 0.4) is 0 Å². The van der Waals surface area contributed by atoms with Crippen LogP contribution >= 0.6 is 0 Å². The van der Waals surface area contributed by atoms with Crippen LogP contribution in [0.15, 0.2) is 24.5 Å². The number of carbonyl (C=O) groups is 1. The molecule has 0 spiro atoms.